The Kier molecular flexibility index (Phi) is 2.95. The fraction of sp³-hybridized carbons (Fsp3) is 0.308. The fourth-order valence-electron chi connectivity index (χ4n) is 2.25. The first-order valence-electron chi connectivity index (χ1n) is 5.32. The predicted octanol–water partition coefficient (Wildman–Crippen LogP) is 3.03. The zero-order valence-electron chi connectivity index (χ0n) is 8.98. The number of hydrogen-bond donors (Lipinski definition) is 1. The van der Waals surface area contributed by atoms with E-state index in [1.807, 2.05) is 18.2 Å². The fourth-order valence-corrected chi connectivity index (χ4v) is 2.25. The van der Waals surface area contributed by atoms with E-state index in [9.17, 15) is 4.79 Å². The SMILES string of the molecule is C=CCC1Cc2ccc(OC(=O)O)cc2C1. The molecule has 0 heterocycles. The van der Waals surface area contributed by atoms with Gasteiger partial charge in [-0.2, -0.15) is 0 Å². The molecule has 0 aromatic heterocycles. The summed E-state index contributed by atoms with van der Waals surface area (Å²) in [6.45, 7) is 3.74. The van der Waals surface area contributed by atoms with Crippen LogP contribution < -0.4 is 4.74 Å². The minimum Gasteiger partial charge on any atom is -0.449 e. The van der Waals surface area contributed by atoms with Gasteiger partial charge in [-0.1, -0.05) is 12.1 Å². The molecule has 3 nitrogen and oxygen atoms in total. The van der Waals surface area contributed by atoms with Crippen molar-refractivity contribution in [2.24, 2.45) is 5.92 Å². The highest BCUT2D eigenvalue weighted by Gasteiger charge is 2.20. The molecule has 0 amide bonds. The van der Waals surface area contributed by atoms with E-state index in [0.29, 0.717) is 11.7 Å². The average Bonchev–Trinajstić information content (AvgIpc) is 2.59. The zero-order valence-corrected chi connectivity index (χ0v) is 8.98. The van der Waals surface area contributed by atoms with Gasteiger partial charge in [-0.05, 0) is 48.4 Å². The van der Waals surface area contributed by atoms with Crippen LogP contribution in [-0.2, 0) is 12.8 Å². The van der Waals surface area contributed by atoms with Gasteiger partial charge in [0.25, 0.3) is 0 Å². The predicted molar refractivity (Wildman–Crippen MR) is 60.8 cm³/mol. The summed E-state index contributed by atoms with van der Waals surface area (Å²) in [5, 5.41) is 8.52. The summed E-state index contributed by atoms with van der Waals surface area (Å²) < 4.78 is 4.63. The summed E-state index contributed by atoms with van der Waals surface area (Å²) in [5.41, 5.74) is 2.50. The van der Waals surface area contributed by atoms with Crippen LogP contribution in [0.1, 0.15) is 17.5 Å². The molecule has 0 spiro atoms. The maximum Gasteiger partial charge on any atom is 0.511 e. The van der Waals surface area contributed by atoms with Gasteiger partial charge in [-0.25, -0.2) is 4.79 Å². The van der Waals surface area contributed by atoms with Gasteiger partial charge >= 0.3 is 6.16 Å². The number of benzene rings is 1. The number of hydrogen-bond acceptors (Lipinski definition) is 2. The van der Waals surface area contributed by atoms with Crippen molar-refractivity contribution in [1.29, 1.82) is 0 Å². The molecule has 3 heteroatoms. The van der Waals surface area contributed by atoms with E-state index < -0.39 is 6.16 Å². The Morgan fingerprint density at radius 1 is 1.50 bits per heavy atom. The van der Waals surface area contributed by atoms with Crippen LogP contribution >= 0.6 is 0 Å². The molecule has 16 heavy (non-hydrogen) atoms. The molecule has 0 radical (unpaired) electrons. The largest absolute Gasteiger partial charge is 0.511 e. The number of ether oxygens (including phenoxy) is 1. The molecule has 1 aliphatic carbocycles. The molecular formula is C13H14O3. The lowest BCUT2D eigenvalue weighted by molar-refractivity contribution is 0.144. The molecule has 0 bridgehead atoms. The number of carboxylic acid groups (broad SMARTS) is 1. The van der Waals surface area contributed by atoms with Crippen LogP contribution in [-0.4, -0.2) is 11.3 Å². The molecule has 1 unspecified atom stereocenters. The van der Waals surface area contributed by atoms with Crippen molar-refractivity contribution in [3.63, 3.8) is 0 Å². The lowest BCUT2D eigenvalue weighted by Crippen LogP contribution is -2.03. The van der Waals surface area contributed by atoms with Crippen molar-refractivity contribution in [3.05, 3.63) is 42.0 Å². The summed E-state index contributed by atoms with van der Waals surface area (Å²) in [6, 6.07) is 5.49. The third-order valence-corrected chi connectivity index (χ3v) is 2.90. The number of rotatable bonds is 3. The normalized spacial score (nSPS) is 17.9. The van der Waals surface area contributed by atoms with E-state index in [4.69, 9.17) is 5.11 Å². The first-order chi connectivity index (χ1) is 7.69. The molecule has 2 rings (SSSR count). The van der Waals surface area contributed by atoms with Crippen LogP contribution in [0.15, 0.2) is 30.9 Å². The Bertz CT molecular complexity index is 423. The molecule has 0 aliphatic heterocycles. The molecule has 0 fully saturated rings. The molecule has 1 atom stereocenters. The van der Waals surface area contributed by atoms with E-state index >= 15 is 0 Å². The maximum absolute atomic E-state index is 10.4. The highest BCUT2D eigenvalue weighted by Crippen LogP contribution is 2.31. The van der Waals surface area contributed by atoms with E-state index in [1.165, 1.54) is 11.1 Å². The standard InChI is InChI=1S/C13H14O3/c1-2-3-9-6-10-4-5-12(16-13(14)15)8-11(10)7-9/h2,4-5,8-9H,1,3,6-7H2,(H,14,15). The van der Waals surface area contributed by atoms with Gasteiger partial charge < -0.3 is 9.84 Å². The molecule has 84 valence electrons. The van der Waals surface area contributed by atoms with Crippen LogP contribution in [0.2, 0.25) is 0 Å². The summed E-state index contributed by atoms with van der Waals surface area (Å²) in [6.07, 6.45) is 3.71. The number of allylic oxidation sites excluding steroid dienone is 1. The minimum absolute atomic E-state index is 0.408. The second-order valence-electron chi connectivity index (χ2n) is 4.10. The van der Waals surface area contributed by atoms with E-state index in [0.717, 1.165) is 19.3 Å². The van der Waals surface area contributed by atoms with Crippen LogP contribution in [0.25, 0.3) is 0 Å². The second-order valence-corrected chi connectivity index (χ2v) is 4.10. The zero-order chi connectivity index (χ0) is 11.5. The Labute approximate surface area is 94.4 Å². The molecule has 0 saturated heterocycles. The smallest absolute Gasteiger partial charge is 0.449 e. The quantitative estimate of drug-likeness (QED) is 0.482. The van der Waals surface area contributed by atoms with Crippen molar-refractivity contribution < 1.29 is 14.6 Å². The molecule has 1 N–H and O–H groups in total. The summed E-state index contributed by atoms with van der Waals surface area (Å²) in [4.78, 5) is 10.4. The van der Waals surface area contributed by atoms with Gasteiger partial charge in [0.15, 0.2) is 0 Å². The molecule has 1 aliphatic rings. The van der Waals surface area contributed by atoms with Crippen molar-refractivity contribution in [2.45, 2.75) is 19.3 Å². The van der Waals surface area contributed by atoms with Gasteiger partial charge in [-0.3, -0.25) is 0 Å². The highest BCUT2D eigenvalue weighted by atomic mass is 16.7. The second kappa shape index (κ2) is 4.39. The van der Waals surface area contributed by atoms with Gasteiger partial charge in [-0.15, -0.1) is 6.58 Å². The first-order valence-corrected chi connectivity index (χ1v) is 5.32. The third-order valence-electron chi connectivity index (χ3n) is 2.90. The summed E-state index contributed by atoms with van der Waals surface area (Å²) in [7, 11) is 0. The first kappa shape index (κ1) is 10.7. The topological polar surface area (TPSA) is 46.5 Å². The van der Waals surface area contributed by atoms with Crippen molar-refractivity contribution in [3.8, 4) is 5.75 Å². The van der Waals surface area contributed by atoms with Gasteiger partial charge in [0.05, 0.1) is 0 Å². The van der Waals surface area contributed by atoms with Gasteiger partial charge in [0.2, 0.25) is 0 Å². The van der Waals surface area contributed by atoms with Crippen molar-refractivity contribution >= 4 is 6.16 Å². The Balaban J connectivity index is 2.14. The molecule has 1 aromatic rings. The Morgan fingerprint density at radius 2 is 2.25 bits per heavy atom. The molecule has 0 saturated carbocycles. The number of fused-ring (bicyclic) bond motifs is 1. The van der Waals surface area contributed by atoms with Crippen LogP contribution in [0.3, 0.4) is 0 Å². The van der Waals surface area contributed by atoms with E-state index in [-0.39, 0.29) is 0 Å². The van der Waals surface area contributed by atoms with E-state index in [1.54, 1.807) is 6.07 Å². The van der Waals surface area contributed by atoms with E-state index in [2.05, 4.69) is 11.3 Å². The van der Waals surface area contributed by atoms with Gasteiger partial charge in [0.1, 0.15) is 5.75 Å². The Morgan fingerprint density at radius 3 is 2.94 bits per heavy atom. The lowest BCUT2D eigenvalue weighted by atomic mass is 10.0. The van der Waals surface area contributed by atoms with Gasteiger partial charge in [0, 0.05) is 0 Å². The maximum atomic E-state index is 10.4. The third kappa shape index (κ3) is 2.24. The summed E-state index contributed by atoms with van der Waals surface area (Å²) >= 11 is 0. The lowest BCUT2D eigenvalue weighted by Gasteiger charge is -2.02. The highest BCUT2D eigenvalue weighted by molar-refractivity contribution is 5.61. The van der Waals surface area contributed by atoms with Crippen molar-refractivity contribution in [1.82, 2.24) is 0 Å². The monoisotopic (exact) mass is 218 g/mol. The van der Waals surface area contributed by atoms with Crippen molar-refractivity contribution in [2.75, 3.05) is 0 Å². The molecular weight excluding hydrogens is 204 g/mol. The Hall–Kier alpha value is -1.77. The molecule has 1 aromatic carbocycles. The van der Waals surface area contributed by atoms with Crippen LogP contribution in [0, 0.1) is 5.92 Å². The van der Waals surface area contributed by atoms with Crippen LogP contribution in [0.4, 0.5) is 4.79 Å². The number of carbonyl (C=O) groups is 1. The minimum atomic E-state index is -1.26. The van der Waals surface area contributed by atoms with Crippen LogP contribution in [0.5, 0.6) is 5.75 Å². The summed E-state index contributed by atoms with van der Waals surface area (Å²) in [5.74, 6) is 1.01. The average molecular weight is 218 g/mol.